The quantitative estimate of drug-likeness (QED) is 0.643. The highest BCUT2D eigenvalue weighted by Crippen LogP contribution is 2.34. The molecule has 0 spiro atoms. The van der Waals surface area contributed by atoms with Crippen LogP contribution in [0, 0.1) is 11.8 Å². The van der Waals surface area contributed by atoms with Gasteiger partial charge in [0.25, 0.3) is 0 Å². The third-order valence-electron chi connectivity index (χ3n) is 3.57. The molecule has 0 amide bonds. The molecule has 1 fully saturated rings. The van der Waals surface area contributed by atoms with E-state index in [9.17, 15) is 0 Å². The Morgan fingerprint density at radius 3 is 2.88 bits per heavy atom. The Morgan fingerprint density at radius 2 is 2.38 bits per heavy atom. The SMILES string of the molecule is CC1CCC(C(Cc2ccc(Cl)s2)NN)C1. The van der Waals surface area contributed by atoms with Gasteiger partial charge in [0, 0.05) is 10.9 Å². The summed E-state index contributed by atoms with van der Waals surface area (Å²) in [6, 6.07) is 4.47. The number of halogens is 1. The van der Waals surface area contributed by atoms with Gasteiger partial charge in [-0.05, 0) is 43.2 Å². The molecule has 0 aliphatic heterocycles. The summed E-state index contributed by atoms with van der Waals surface area (Å²) in [7, 11) is 0. The topological polar surface area (TPSA) is 38.0 Å². The minimum absolute atomic E-state index is 0.402. The molecule has 90 valence electrons. The fraction of sp³-hybridized carbons (Fsp3) is 0.667. The lowest BCUT2D eigenvalue weighted by Gasteiger charge is -2.22. The summed E-state index contributed by atoms with van der Waals surface area (Å²) in [5.74, 6) is 7.25. The van der Waals surface area contributed by atoms with Crippen molar-refractivity contribution in [3.63, 3.8) is 0 Å². The molecule has 3 atom stereocenters. The maximum absolute atomic E-state index is 5.94. The minimum atomic E-state index is 0.402. The van der Waals surface area contributed by atoms with E-state index in [0.29, 0.717) is 6.04 Å². The van der Waals surface area contributed by atoms with Crippen molar-refractivity contribution in [3.8, 4) is 0 Å². The lowest BCUT2D eigenvalue weighted by Crippen LogP contribution is -2.41. The number of rotatable bonds is 4. The molecule has 1 aliphatic rings. The van der Waals surface area contributed by atoms with Gasteiger partial charge in [-0.3, -0.25) is 11.3 Å². The molecule has 1 aromatic heterocycles. The molecule has 0 saturated heterocycles. The molecule has 0 bridgehead atoms. The van der Waals surface area contributed by atoms with Gasteiger partial charge in [-0.2, -0.15) is 0 Å². The normalized spacial score (nSPS) is 27.2. The van der Waals surface area contributed by atoms with Gasteiger partial charge < -0.3 is 0 Å². The highest BCUT2D eigenvalue weighted by molar-refractivity contribution is 7.16. The largest absolute Gasteiger partial charge is 0.271 e. The van der Waals surface area contributed by atoms with Crippen LogP contribution in [-0.2, 0) is 6.42 Å². The van der Waals surface area contributed by atoms with E-state index in [1.54, 1.807) is 11.3 Å². The predicted molar refractivity (Wildman–Crippen MR) is 70.6 cm³/mol. The van der Waals surface area contributed by atoms with Crippen LogP contribution in [0.2, 0.25) is 4.34 Å². The van der Waals surface area contributed by atoms with Crippen molar-refractivity contribution in [1.82, 2.24) is 5.43 Å². The van der Waals surface area contributed by atoms with Crippen molar-refractivity contribution in [1.29, 1.82) is 0 Å². The lowest BCUT2D eigenvalue weighted by molar-refractivity contribution is 0.354. The van der Waals surface area contributed by atoms with Crippen LogP contribution in [0.5, 0.6) is 0 Å². The van der Waals surface area contributed by atoms with Crippen LogP contribution < -0.4 is 11.3 Å². The Balaban J connectivity index is 1.95. The first-order valence-electron chi connectivity index (χ1n) is 5.89. The number of hydrogen-bond acceptors (Lipinski definition) is 3. The Kier molecular flexibility index (Phi) is 4.25. The number of hydrazine groups is 1. The maximum Gasteiger partial charge on any atom is 0.0931 e. The van der Waals surface area contributed by atoms with Gasteiger partial charge in [0.2, 0.25) is 0 Å². The van der Waals surface area contributed by atoms with Gasteiger partial charge in [-0.15, -0.1) is 11.3 Å². The van der Waals surface area contributed by atoms with E-state index >= 15 is 0 Å². The molecule has 1 aromatic rings. The second-order valence-electron chi connectivity index (χ2n) is 4.86. The summed E-state index contributed by atoms with van der Waals surface area (Å²) in [5, 5.41) is 0. The summed E-state index contributed by atoms with van der Waals surface area (Å²) >= 11 is 7.60. The monoisotopic (exact) mass is 258 g/mol. The zero-order chi connectivity index (χ0) is 11.5. The van der Waals surface area contributed by atoms with E-state index in [2.05, 4.69) is 18.4 Å². The number of nitrogens with two attached hydrogens (primary N) is 1. The van der Waals surface area contributed by atoms with Gasteiger partial charge in [0.05, 0.1) is 4.34 Å². The van der Waals surface area contributed by atoms with E-state index in [4.69, 9.17) is 17.4 Å². The molecule has 0 aromatic carbocycles. The summed E-state index contributed by atoms with van der Waals surface area (Å²) in [4.78, 5) is 1.33. The van der Waals surface area contributed by atoms with Crippen LogP contribution in [-0.4, -0.2) is 6.04 Å². The second-order valence-corrected chi connectivity index (χ2v) is 6.66. The summed E-state index contributed by atoms with van der Waals surface area (Å²) < 4.78 is 0.866. The average molecular weight is 259 g/mol. The fourth-order valence-electron chi connectivity index (χ4n) is 2.66. The van der Waals surface area contributed by atoms with E-state index in [1.807, 2.05) is 6.07 Å². The third kappa shape index (κ3) is 2.98. The fourth-order valence-corrected chi connectivity index (χ4v) is 3.80. The van der Waals surface area contributed by atoms with Crippen molar-refractivity contribution in [2.45, 2.75) is 38.6 Å². The van der Waals surface area contributed by atoms with Gasteiger partial charge >= 0.3 is 0 Å². The standard InChI is InChI=1S/C12H19ClN2S/c1-8-2-3-9(6-8)11(15-14)7-10-4-5-12(13)16-10/h4-5,8-9,11,15H,2-3,6-7,14H2,1H3. The molecule has 3 unspecified atom stereocenters. The molecule has 2 nitrogen and oxygen atoms in total. The van der Waals surface area contributed by atoms with Crippen LogP contribution in [0.15, 0.2) is 12.1 Å². The maximum atomic E-state index is 5.94. The first-order chi connectivity index (χ1) is 7.69. The van der Waals surface area contributed by atoms with Gasteiger partial charge in [0.15, 0.2) is 0 Å². The van der Waals surface area contributed by atoms with Gasteiger partial charge in [-0.1, -0.05) is 24.9 Å². The molecule has 2 rings (SSSR count). The summed E-state index contributed by atoms with van der Waals surface area (Å²) in [6.45, 7) is 2.33. The molecule has 4 heteroatoms. The number of nitrogens with one attached hydrogen (secondary N) is 1. The van der Waals surface area contributed by atoms with Crippen LogP contribution in [0.1, 0.15) is 31.1 Å². The second kappa shape index (κ2) is 5.50. The van der Waals surface area contributed by atoms with Crippen molar-refractivity contribution in [2.24, 2.45) is 17.7 Å². The Bertz CT molecular complexity index is 340. The Morgan fingerprint density at radius 1 is 1.56 bits per heavy atom. The molecule has 3 N–H and O–H groups in total. The molecule has 16 heavy (non-hydrogen) atoms. The Labute approximate surface area is 106 Å². The van der Waals surface area contributed by atoms with Gasteiger partial charge in [0.1, 0.15) is 0 Å². The van der Waals surface area contributed by atoms with Crippen LogP contribution in [0.25, 0.3) is 0 Å². The smallest absolute Gasteiger partial charge is 0.0931 e. The van der Waals surface area contributed by atoms with Crippen LogP contribution in [0.4, 0.5) is 0 Å². The first-order valence-corrected chi connectivity index (χ1v) is 7.09. The van der Waals surface area contributed by atoms with E-state index in [1.165, 1.54) is 24.1 Å². The molecule has 1 heterocycles. The zero-order valence-corrected chi connectivity index (χ0v) is 11.2. The summed E-state index contributed by atoms with van der Waals surface area (Å²) in [5.41, 5.74) is 2.99. The number of hydrogen-bond donors (Lipinski definition) is 2. The van der Waals surface area contributed by atoms with Gasteiger partial charge in [-0.25, -0.2) is 0 Å². The van der Waals surface area contributed by atoms with Crippen molar-refractivity contribution < 1.29 is 0 Å². The molecule has 0 radical (unpaired) electrons. The lowest BCUT2D eigenvalue weighted by atomic mass is 9.94. The third-order valence-corrected chi connectivity index (χ3v) is 4.82. The van der Waals surface area contributed by atoms with E-state index in [0.717, 1.165) is 22.6 Å². The van der Waals surface area contributed by atoms with Crippen LogP contribution >= 0.6 is 22.9 Å². The van der Waals surface area contributed by atoms with Crippen molar-refractivity contribution in [3.05, 3.63) is 21.3 Å². The zero-order valence-electron chi connectivity index (χ0n) is 9.58. The minimum Gasteiger partial charge on any atom is -0.271 e. The summed E-state index contributed by atoms with van der Waals surface area (Å²) in [6.07, 6.45) is 4.95. The highest BCUT2D eigenvalue weighted by atomic mass is 35.5. The Hall–Kier alpha value is -0.0900. The van der Waals surface area contributed by atoms with Crippen LogP contribution in [0.3, 0.4) is 0 Å². The van der Waals surface area contributed by atoms with E-state index < -0.39 is 0 Å². The first kappa shape index (κ1) is 12.4. The van der Waals surface area contributed by atoms with E-state index in [-0.39, 0.29) is 0 Å². The molecule has 1 saturated carbocycles. The molecular weight excluding hydrogens is 240 g/mol. The highest BCUT2D eigenvalue weighted by Gasteiger charge is 2.28. The predicted octanol–water partition coefficient (Wildman–Crippen LogP) is 3.21. The van der Waals surface area contributed by atoms with Crippen molar-refractivity contribution in [2.75, 3.05) is 0 Å². The molecule has 1 aliphatic carbocycles. The molecular formula is C12H19ClN2S. The van der Waals surface area contributed by atoms with Crippen molar-refractivity contribution >= 4 is 22.9 Å². The average Bonchev–Trinajstić information content (AvgIpc) is 2.84. The number of thiophene rings is 1.